The molecule has 74 valence electrons. The zero-order chi connectivity index (χ0) is 10.3. The van der Waals surface area contributed by atoms with Crippen molar-refractivity contribution in [3.8, 4) is 0 Å². The summed E-state index contributed by atoms with van der Waals surface area (Å²) in [6, 6.07) is 5.38. The fraction of sp³-hybridized carbons (Fsp3) is 0.300. The summed E-state index contributed by atoms with van der Waals surface area (Å²) in [7, 11) is 0. The molecule has 1 aromatic carbocycles. The van der Waals surface area contributed by atoms with Crippen LogP contribution < -0.4 is 5.56 Å². The Morgan fingerprint density at radius 1 is 1.43 bits per heavy atom. The maximum absolute atomic E-state index is 11.2. The molecule has 0 aliphatic carbocycles. The van der Waals surface area contributed by atoms with Crippen LogP contribution in [-0.4, -0.2) is 9.48 Å². The van der Waals surface area contributed by atoms with Crippen LogP contribution >= 0.6 is 11.5 Å². The van der Waals surface area contributed by atoms with E-state index in [2.05, 4.69) is 4.37 Å². The molecule has 0 spiro atoms. The highest BCUT2D eigenvalue weighted by Gasteiger charge is 2.16. The number of H-pyrrole nitrogens is 1. The average Bonchev–Trinajstić information content (AvgIpc) is 2.46. The van der Waals surface area contributed by atoms with E-state index in [-0.39, 0.29) is 5.56 Å². The van der Waals surface area contributed by atoms with E-state index < -0.39 is 5.60 Å². The highest BCUT2D eigenvalue weighted by atomic mass is 32.1. The molecule has 4 heteroatoms. The minimum absolute atomic E-state index is 0.0627. The second kappa shape index (κ2) is 2.93. The Morgan fingerprint density at radius 2 is 2.14 bits per heavy atom. The second-order valence-corrected chi connectivity index (χ2v) is 4.65. The Labute approximate surface area is 85.2 Å². The van der Waals surface area contributed by atoms with Crippen LogP contribution in [0.3, 0.4) is 0 Å². The van der Waals surface area contributed by atoms with Crippen LogP contribution in [0, 0.1) is 0 Å². The summed E-state index contributed by atoms with van der Waals surface area (Å²) in [6.45, 7) is 3.45. The zero-order valence-electron chi connectivity index (χ0n) is 8.00. The minimum atomic E-state index is -0.860. The molecule has 0 unspecified atom stereocenters. The Hall–Kier alpha value is -1.13. The Kier molecular flexibility index (Phi) is 1.97. The molecule has 0 aliphatic rings. The summed E-state index contributed by atoms with van der Waals surface area (Å²) in [6.07, 6.45) is 0. The normalized spacial score (nSPS) is 12.2. The lowest BCUT2D eigenvalue weighted by molar-refractivity contribution is 0.0787. The summed E-state index contributed by atoms with van der Waals surface area (Å²) >= 11 is 1.30. The van der Waals surface area contributed by atoms with Gasteiger partial charge < -0.3 is 5.11 Å². The lowest BCUT2D eigenvalue weighted by Crippen LogP contribution is -2.15. The molecule has 1 heterocycles. The number of benzene rings is 1. The molecular weight excluding hydrogens is 198 g/mol. The number of nitrogens with one attached hydrogen (secondary N) is 1. The van der Waals surface area contributed by atoms with Gasteiger partial charge in [-0.2, -0.15) is 0 Å². The Bertz CT molecular complexity index is 519. The van der Waals surface area contributed by atoms with Gasteiger partial charge in [0.2, 0.25) is 0 Å². The van der Waals surface area contributed by atoms with E-state index in [9.17, 15) is 9.90 Å². The molecule has 2 rings (SSSR count). The number of hydrogen-bond acceptors (Lipinski definition) is 3. The van der Waals surface area contributed by atoms with Gasteiger partial charge in [0.05, 0.1) is 15.7 Å². The first kappa shape index (κ1) is 9.43. The molecule has 0 fully saturated rings. The molecule has 1 aromatic heterocycles. The summed E-state index contributed by atoms with van der Waals surface area (Å²) in [5, 5.41) is 10.5. The molecule has 2 aromatic rings. The van der Waals surface area contributed by atoms with Gasteiger partial charge in [-0.05, 0) is 31.5 Å². The molecule has 0 radical (unpaired) electrons. The SMILES string of the molecule is CC(C)(O)c1ccc2c(=O)[nH]sc2c1. The molecule has 0 aliphatic heterocycles. The van der Waals surface area contributed by atoms with Crippen LogP contribution in [0.15, 0.2) is 23.0 Å². The monoisotopic (exact) mass is 209 g/mol. The fourth-order valence-corrected chi connectivity index (χ4v) is 2.10. The van der Waals surface area contributed by atoms with E-state index in [1.807, 2.05) is 6.07 Å². The van der Waals surface area contributed by atoms with Crippen molar-refractivity contribution in [1.82, 2.24) is 4.37 Å². The summed E-state index contributed by atoms with van der Waals surface area (Å²) in [4.78, 5) is 11.2. The number of hydrogen-bond donors (Lipinski definition) is 2. The van der Waals surface area contributed by atoms with Crippen LogP contribution in [0.1, 0.15) is 19.4 Å². The van der Waals surface area contributed by atoms with E-state index in [1.54, 1.807) is 26.0 Å². The third kappa shape index (κ3) is 1.47. The van der Waals surface area contributed by atoms with E-state index >= 15 is 0 Å². The quantitative estimate of drug-likeness (QED) is 0.752. The minimum Gasteiger partial charge on any atom is -0.386 e. The Balaban J connectivity index is 2.69. The van der Waals surface area contributed by atoms with Gasteiger partial charge in [-0.1, -0.05) is 17.6 Å². The number of aromatic nitrogens is 1. The molecule has 0 bridgehead atoms. The van der Waals surface area contributed by atoms with E-state index in [0.29, 0.717) is 5.39 Å². The van der Waals surface area contributed by atoms with Crippen molar-refractivity contribution in [2.24, 2.45) is 0 Å². The average molecular weight is 209 g/mol. The highest BCUT2D eigenvalue weighted by molar-refractivity contribution is 7.13. The lowest BCUT2D eigenvalue weighted by Gasteiger charge is -2.17. The third-order valence-corrected chi connectivity index (χ3v) is 3.03. The number of rotatable bonds is 1. The van der Waals surface area contributed by atoms with E-state index in [4.69, 9.17) is 0 Å². The van der Waals surface area contributed by atoms with Crippen LogP contribution in [0.25, 0.3) is 10.1 Å². The Morgan fingerprint density at radius 3 is 2.79 bits per heavy atom. The molecule has 3 nitrogen and oxygen atoms in total. The van der Waals surface area contributed by atoms with Gasteiger partial charge in [0.1, 0.15) is 0 Å². The van der Waals surface area contributed by atoms with Crippen molar-refractivity contribution >= 4 is 21.6 Å². The van der Waals surface area contributed by atoms with Crippen LogP contribution in [0.5, 0.6) is 0 Å². The van der Waals surface area contributed by atoms with Crippen molar-refractivity contribution in [3.63, 3.8) is 0 Å². The summed E-state index contributed by atoms with van der Waals surface area (Å²) in [5.74, 6) is 0. The largest absolute Gasteiger partial charge is 0.386 e. The molecule has 14 heavy (non-hydrogen) atoms. The highest BCUT2D eigenvalue weighted by Crippen LogP contribution is 2.24. The molecule has 0 amide bonds. The maximum Gasteiger partial charge on any atom is 0.265 e. The van der Waals surface area contributed by atoms with Gasteiger partial charge in [-0.15, -0.1) is 0 Å². The van der Waals surface area contributed by atoms with Gasteiger partial charge in [-0.3, -0.25) is 9.17 Å². The number of aliphatic hydroxyl groups is 1. The molecule has 0 saturated carbocycles. The lowest BCUT2D eigenvalue weighted by atomic mass is 9.98. The first-order chi connectivity index (χ1) is 6.48. The number of aromatic amines is 1. The van der Waals surface area contributed by atoms with Crippen LogP contribution in [0.2, 0.25) is 0 Å². The molecular formula is C10H11NO2S. The first-order valence-corrected chi connectivity index (χ1v) is 5.14. The van der Waals surface area contributed by atoms with E-state index in [1.165, 1.54) is 11.5 Å². The topological polar surface area (TPSA) is 53.1 Å². The predicted molar refractivity (Wildman–Crippen MR) is 57.7 cm³/mol. The fourth-order valence-electron chi connectivity index (χ4n) is 1.33. The second-order valence-electron chi connectivity index (χ2n) is 3.80. The molecule has 0 saturated heterocycles. The van der Waals surface area contributed by atoms with Crippen LogP contribution in [-0.2, 0) is 5.60 Å². The zero-order valence-corrected chi connectivity index (χ0v) is 8.81. The molecule has 2 N–H and O–H groups in total. The van der Waals surface area contributed by atoms with Gasteiger partial charge in [0.15, 0.2) is 0 Å². The van der Waals surface area contributed by atoms with Crippen molar-refractivity contribution in [2.45, 2.75) is 19.4 Å². The maximum atomic E-state index is 11.2. The van der Waals surface area contributed by atoms with Crippen molar-refractivity contribution in [1.29, 1.82) is 0 Å². The van der Waals surface area contributed by atoms with Crippen molar-refractivity contribution < 1.29 is 5.11 Å². The predicted octanol–water partition coefficient (Wildman–Crippen LogP) is 1.82. The standard InChI is InChI=1S/C10H11NO2S/c1-10(2,13)6-3-4-7-8(5-6)14-11-9(7)12/h3-5,13H,1-2H3,(H,11,12). The van der Waals surface area contributed by atoms with Gasteiger partial charge >= 0.3 is 0 Å². The first-order valence-electron chi connectivity index (χ1n) is 4.32. The van der Waals surface area contributed by atoms with E-state index in [0.717, 1.165) is 10.3 Å². The number of fused-ring (bicyclic) bond motifs is 1. The van der Waals surface area contributed by atoms with Crippen LogP contribution in [0.4, 0.5) is 0 Å². The van der Waals surface area contributed by atoms with Gasteiger partial charge in [0.25, 0.3) is 5.56 Å². The third-order valence-electron chi connectivity index (χ3n) is 2.19. The smallest absolute Gasteiger partial charge is 0.265 e. The summed E-state index contributed by atoms with van der Waals surface area (Å²) < 4.78 is 3.54. The molecule has 0 atom stereocenters. The van der Waals surface area contributed by atoms with Gasteiger partial charge in [-0.25, -0.2) is 0 Å². The van der Waals surface area contributed by atoms with Crippen molar-refractivity contribution in [3.05, 3.63) is 34.1 Å². The van der Waals surface area contributed by atoms with Gasteiger partial charge in [0, 0.05) is 0 Å². The van der Waals surface area contributed by atoms with Crippen molar-refractivity contribution in [2.75, 3.05) is 0 Å². The summed E-state index contributed by atoms with van der Waals surface area (Å²) in [5.41, 5.74) is -0.103.